The molecule has 2 aliphatic rings. The average Bonchev–Trinajstić information content (AvgIpc) is 2.94. The molecule has 176 valence electrons. The van der Waals surface area contributed by atoms with Crippen LogP contribution < -0.4 is 5.73 Å². The van der Waals surface area contributed by atoms with Gasteiger partial charge in [0.05, 0.1) is 17.8 Å². The predicted molar refractivity (Wildman–Crippen MR) is 93.1 cm³/mol. The molecule has 0 amide bonds. The van der Waals surface area contributed by atoms with E-state index in [2.05, 4.69) is 9.97 Å². The van der Waals surface area contributed by atoms with E-state index in [9.17, 15) is 39.5 Å². The minimum atomic E-state index is -4.82. The Labute approximate surface area is 175 Å². The molecule has 2 aromatic heterocycles. The number of hydrogen-bond donors (Lipinski definition) is 1. The van der Waals surface area contributed by atoms with E-state index in [0.29, 0.717) is 6.07 Å². The summed E-state index contributed by atoms with van der Waals surface area (Å²) in [6.07, 6.45) is -13.1. The zero-order chi connectivity index (χ0) is 23.6. The number of pyridine rings is 1. The molecule has 2 N–H and O–H groups in total. The molecule has 32 heavy (non-hydrogen) atoms. The molecule has 14 heteroatoms. The number of rotatable bonds is 4. The van der Waals surface area contributed by atoms with E-state index in [4.69, 9.17) is 5.73 Å². The van der Waals surface area contributed by atoms with Gasteiger partial charge in [0.15, 0.2) is 0 Å². The summed E-state index contributed by atoms with van der Waals surface area (Å²) in [5.41, 5.74) is 3.69. The molecule has 1 saturated carbocycles. The molecular weight excluding hydrogens is 457 g/mol. The Hall–Kier alpha value is -2.51. The van der Waals surface area contributed by atoms with Gasteiger partial charge in [0.1, 0.15) is 18.1 Å². The van der Waals surface area contributed by atoms with Crippen LogP contribution in [0.25, 0.3) is 11.3 Å². The number of nitrogens with two attached hydrogens (primary N) is 1. The van der Waals surface area contributed by atoms with E-state index in [-0.39, 0.29) is 36.2 Å². The summed E-state index contributed by atoms with van der Waals surface area (Å²) in [7, 11) is 0. The lowest BCUT2D eigenvalue weighted by atomic mass is 10.1. The lowest BCUT2D eigenvalue weighted by molar-refractivity contribution is -0.145. The van der Waals surface area contributed by atoms with Crippen molar-refractivity contribution in [3.63, 3.8) is 0 Å². The van der Waals surface area contributed by atoms with Gasteiger partial charge in [0, 0.05) is 37.1 Å². The van der Waals surface area contributed by atoms with E-state index in [1.165, 1.54) is 15.7 Å². The molecule has 0 unspecified atom stereocenters. The lowest BCUT2D eigenvalue weighted by Crippen LogP contribution is -2.34. The van der Waals surface area contributed by atoms with Crippen molar-refractivity contribution in [2.24, 2.45) is 11.8 Å². The Morgan fingerprint density at radius 1 is 0.969 bits per heavy atom. The molecule has 1 aliphatic carbocycles. The van der Waals surface area contributed by atoms with E-state index < -0.39 is 54.7 Å². The Bertz CT molecular complexity index is 996. The Kier molecular flexibility index (Phi) is 5.14. The SMILES string of the molecule is Nc1ncc(-c2cn([C@H]3[C@@H]4CN(CC(F)(F)F)C[C@@H]43)c(CC(F)(F)F)n2)cc1C(F)(F)F. The summed E-state index contributed by atoms with van der Waals surface area (Å²) in [4.78, 5) is 8.54. The molecule has 5 nitrogen and oxygen atoms in total. The first-order chi connectivity index (χ1) is 14.6. The Balaban J connectivity index is 1.63. The van der Waals surface area contributed by atoms with Crippen LogP contribution in [-0.2, 0) is 12.6 Å². The van der Waals surface area contributed by atoms with Crippen LogP contribution in [0.15, 0.2) is 18.5 Å². The predicted octanol–water partition coefficient (Wildman–Crippen LogP) is 4.32. The second-order valence-corrected chi connectivity index (χ2v) is 8.02. The van der Waals surface area contributed by atoms with E-state index >= 15 is 0 Å². The maximum Gasteiger partial charge on any atom is 0.419 e. The van der Waals surface area contributed by atoms with Gasteiger partial charge in [-0.25, -0.2) is 9.97 Å². The summed E-state index contributed by atoms with van der Waals surface area (Å²) in [6.45, 7) is -0.973. The summed E-state index contributed by atoms with van der Waals surface area (Å²) in [5.74, 6) is -1.78. The fourth-order valence-electron chi connectivity index (χ4n) is 4.36. The lowest BCUT2D eigenvalue weighted by Gasteiger charge is -2.21. The van der Waals surface area contributed by atoms with Gasteiger partial charge in [-0.15, -0.1) is 0 Å². The van der Waals surface area contributed by atoms with Crippen LogP contribution in [-0.4, -0.2) is 51.4 Å². The highest BCUT2D eigenvalue weighted by atomic mass is 19.4. The quantitative estimate of drug-likeness (QED) is 0.673. The topological polar surface area (TPSA) is 60.0 Å². The summed E-state index contributed by atoms with van der Waals surface area (Å²) in [6, 6.07) is 0.160. The molecule has 4 rings (SSSR count). The molecule has 1 saturated heterocycles. The molecule has 0 spiro atoms. The number of halogens is 9. The van der Waals surface area contributed by atoms with Gasteiger partial charge in [0.25, 0.3) is 0 Å². The van der Waals surface area contributed by atoms with Crippen LogP contribution in [0, 0.1) is 11.8 Å². The van der Waals surface area contributed by atoms with Crippen molar-refractivity contribution in [2.45, 2.75) is 31.0 Å². The smallest absolute Gasteiger partial charge is 0.383 e. The number of imidazole rings is 1. The van der Waals surface area contributed by atoms with Crippen LogP contribution in [0.2, 0.25) is 0 Å². The second kappa shape index (κ2) is 7.25. The van der Waals surface area contributed by atoms with E-state index in [1.807, 2.05) is 0 Å². The fourth-order valence-corrected chi connectivity index (χ4v) is 4.36. The van der Waals surface area contributed by atoms with E-state index in [1.54, 1.807) is 0 Å². The Morgan fingerprint density at radius 3 is 2.12 bits per heavy atom. The van der Waals surface area contributed by atoms with Gasteiger partial charge in [-0.05, 0) is 17.9 Å². The fraction of sp³-hybridized carbons (Fsp3) is 0.556. The molecule has 3 atom stereocenters. The summed E-state index contributed by atoms with van der Waals surface area (Å²) >= 11 is 0. The maximum absolute atomic E-state index is 13.1. The van der Waals surface area contributed by atoms with Crippen molar-refractivity contribution < 1.29 is 39.5 Å². The third-order valence-corrected chi connectivity index (χ3v) is 5.64. The number of aromatic nitrogens is 3. The zero-order valence-electron chi connectivity index (χ0n) is 16.1. The van der Waals surface area contributed by atoms with Crippen LogP contribution in [0.5, 0.6) is 0 Å². The van der Waals surface area contributed by atoms with Crippen molar-refractivity contribution in [1.82, 2.24) is 19.4 Å². The van der Waals surface area contributed by atoms with Crippen LogP contribution in [0.1, 0.15) is 17.4 Å². The first kappa shape index (κ1) is 22.7. The number of anilines is 1. The largest absolute Gasteiger partial charge is 0.419 e. The highest BCUT2D eigenvalue weighted by Crippen LogP contribution is 2.56. The minimum Gasteiger partial charge on any atom is -0.383 e. The van der Waals surface area contributed by atoms with Gasteiger partial charge in [-0.1, -0.05) is 0 Å². The van der Waals surface area contributed by atoms with Crippen LogP contribution in [0.3, 0.4) is 0 Å². The standard InChI is InChI=1S/C18H16F9N5/c19-16(20,21)2-13-30-12(8-1-11(18(25,26)27)15(28)29-3-8)6-32(13)14-9-4-31(5-10(9)14)7-17(22,23)24/h1,3,6,9-10,14H,2,4-5,7H2,(H2,28,29)/t9-,10+,14+. The zero-order valence-corrected chi connectivity index (χ0v) is 16.1. The number of nitrogen functional groups attached to an aromatic ring is 1. The van der Waals surface area contributed by atoms with Crippen molar-refractivity contribution in [2.75, 3.05) is 25.4 Å². The molecule has 2 fully saturated rings. The molecule has 0 radical (unpaired) electrons. The van der Waals surface area contributed by atoms with E-state index in [0.717, 1.165) is 6.20 Å². The first-order valence-electron chi connectivity index (χ1n) is 9.39. The van der Waals surface area contributed by atoms with Gasteiger partial charge in [-0.3, -0.25) is 4.90 Å². The average molecular weight is 473 g/mol. The van der Waals surface area contributed by atoms with Crippen molar-refractivity contribution in [3.8, 4) is 11.3 Å². The summed E-state index contributed by atoms with van der Waals surface area (Å²) < 4.78 is 118. The van der Waals surface area contributed by atoms with Crippen molar-refractivity contribution >= 4 is 5.82 Å². The number of alkyl halides is 9. The molecule has 1 aliphatic heterocycles. The Morgan fingerprint density at radius 2 is 1.59 bits per heavy atom. The third kappa shape index (κ3) is 4.64. The first-order valence-corrected chi connectivity index (χ1v) is 9.39. The number of fused-ring (bicyclic) bond motifs is 1. The second-order valence-electron chi connectivity index (χ2n) is 8.02. The highest BCUT2D eigenvalue weighted by molar-refractivity contribution is 5.62. The normalized spacial score (nSPS) is 24.1. The number of nitrogens with zero attached hydrogens (tertiary/aromatic N) is 4. The monoisotopic (exact) mass is 473 g/mol. The van der Waals surface area contributed by atoms with Crippen LogP contribution >= 0.6 is 0 Å². The van der Waals surface area contributed by atoms with Crippen molar-refractivity contribution in [1.29, 1.82) is 0 Å². The third-order valence-electron chi connectivity index (χ3n) is 5.64. The maximum atomic E-state index is 13.1. The van der Waals surface area contributed by atoms with Gasteiger partial charge >= 0.3 is 18.5 Å². The van der Waals surface area contributed by atoms with Gasteiger partial charge < -0.3 is 10.3 Å². The van der Waals surface area contributed by atoms with Gasteiger partial charge in [-0.2, -0.15) is 39.5 Å². The highest BCUT2D eigenvalue weighted by Gasteiger charge is 2.58. The molecule has 3 heterocycles. The van der Waals surface area contributed by atoms with Crippen molar-refractivity contribution in [3.05, 3.63) is 29.8 Å². The van der Waals surface area contributed by atoms with Crippen LogP contribution in [0.4, 0.5) is 45.3 Å². The molecular formula is C18H16F9N5. The summed E-state index contributed by atoms with van der Waals surface area (Å²) in [5, 5.41) is 0. The molecule has 2 aromatic rings. The minimum absolute atomic E-state index is 0.0649. The number of hydrogen-bond acceptors (Lipinski definition) is 4. The molecule has 0 bridgehead atoms. The van der Waals surface area contributed by atoms with Gasteiger partial charge in [0.2, 0.25) is 0 Å². The number of piperidine rings is 1. The number of likely N-dealkylation sites (tertiary alicyclic amines) is 1. The molecule has 0 aromatic carbocycles.